The first kappa shape index (κ1) is 33.5. The number of hydrogen-bond donors (Lipinski definition) is 2. The quantitative estimate of drug-likeness (QED) is 0.281. The normalized spacial score (nSPS) is 23.1. The molecule has 5 rings (SSSR count). The van der Waals surface area contributed by atoms with E-state index < -0.39 is 23.5 Å². The summed E-state index contributed by atoms with van der Waals surface area (Å²) in [5.74, 6) is -0.242. The van der Waals surface area contributed by atoms with Crippen LogP contribution in [0.15, 0.2) is 66.7 Å². The van der Waals surface area contributed by atoms with Crippen LogP contribution in [0.25, 0.3) is 0 Å². The highest BCUT2D eigenvalue weighted by Crippen LogP contribution is 2.49. The van der Waals surface area contributed by atoms with E-state index in [1.54, 1.807) is 19.1 Å². The largest absolute Gasteiger partial charge is 0.496 e. The molecule has 3 aromatic carbocycles. The van der Waals surface area contributed by atoms with E-state index in [1.165, 1.54) is 11.1 Å². The summed E-state index contributed by atoms with van der Waals surface area (Å²) in [5, 5.41) is 14.7. The van der Waals surface area contributed by atoms with Gasteiger partial charge in [-0.1, -0.05) is 96.1 Å². The van der Waals surface area contributed by atoms with Gasteiger partial charge >= 0.3 is 5.97 Å². The standard InChI is InChI=1S/C39H50N2O5/c1-38(2,3)28-19-20-30(45-7)27(21-28)23-40-33-32(39(4,5)6)35(37(43)44)41(34(33)25-13-10-9-11-14-25)36(42)26-18-17-24-15-12-16-31(46-8)29(24)22-26/h9-16,19-21,26,32-35,40H,17-18,22-23H2,1-8H3,(H,43,44)/t26?,32-,33-,34-,35-/m0/s1. The molecule has 7 heteroatoms. The lowest BCUT2D eigenvalue weighted by atomic mass is 9.72. The van der Waals surface area contributed by atoms with Gasteiger partial charge in [0.2, 0.25) is 5.91 Å². The number of carbonyl (C=O) groups is 2. The Morgan fingerprint density at radius 3 is 2.22 bits per heavy atom. The van der Waals surface area contributed by atoms with Gasteiger partial charge < -0.3 is 24.8 Å². The number of carbonyl (C=O) groups excluding carboxylic acids is 1. The fraction of sp³-hybridized carbons (Fsp3) is 0.487. The Bertz CT molecular complexity index is 1540. The van der Waals surface area contributed by atoms with Gasteiger partial charge in [-0.3, -0.25) is 4.79 Å². The molecule has 2 aliphatic rings. The van der Waals surface area contributed by atoms with Crippen LogP contribution in [0.3, 0.4) is 0 Å². The second-order valence-electron chi connectivity index (χ2n) is 15.0. The van der Waals surface area contributed by atoms with Crippen molar-refractivity contribution < 1.29 is 24.2 Å². The maximum absolute atomic E-state index is 14.8. The minimum atomic E-state index is -1.00. The average molecular weight is 627 g/mol. The number of hydrogen-bond acceptors (Lipinski definition) is 5. The van der Waals surface area contributed by atoms with Crippen LogP contribution >= 0.6 is 0 Å². The third-order valence-corrected chi connectivity index (χ3v) is 10.0. The number of aryl methyl sites for hydroxylation is 1. The lowest BCUT2D eigenvalue weighted by Crippen LogP contribution is -2.49. The van der Waals surface area contributed by atoms with Gasteiger partial charge in [0.1, 0.15) is 17.5 Å². The first-order chi connectivity index (χ1) is 21.8. The summed E-state index contributed by atoms with van der Waals surface area (Å²) in [6.45, 7) is 13.3. The molecule has 1 saturated heterocycles. The Morgan fingerprint density at radius 1 is 0.913 bits per heavy atom. The average Bonchev–Trinajstić information content (AvgIpc) is 3.39. The van der Waals surface area contributed by atoms with Crippen molar-refractivity contribution in [1.29, 1.82) is 0 Å². The van der Waals surface area contributed by atoms with E-state index in [4.69, 9.17) is 9.47 Å². The molecular weight excluding hydrogens is 576 g/mol. The van der Waals surface area contributed by atoms with Crippen molar-refractivity contribution in [2.45, 2.75) is 90.9 Å². The fourth-order valence-electron chi connectivity index (χ4n) is 7.71. The Hall–Kier alpha value is -3.84. The number of carboxylic acids is 1. The summed E-state index contributed by atoms with van der Waals surface area (Å²) in [6.07, 6.45) is 1.94. The van der Waals surface area contributed by atoms with Crippen molar-refractivity contribution in [3.8, 4) is 11.5 Å². The molecule has 0 saturated carbocycles. The van der Waals surface area contributed by atoms with Gasteiger partial charge in [0.15, 0.2) is 0 Å². The van der Waals surface area contributed by atoms with Crippen LogP contribution in [-0.2, 0) is 34.4 Å². The maximum atomic E-state index is 14.8. The van der Waals surface area contributed by atoms with Crippen molar-refractivity contribution in [3.05, 3.63) is 94.5 Å². The predicted octanol–water partition coefficient (Wildman–Crippen LogP) is 6.96. The van der Waals surface area contributed by atoms with Gasteiger partial charge in [0.25, 0.3) is 0 Å². The molecule has 1 amide bonds. The molecule has 3 aromatic rings. The third-order valence-electron chi connectivity index (χ3n) is 10.0. The summed E-state index contributed by atoms with van der Waals surface area (Å²) < 4.78 is 11.4. The number of fused-ring (bicyclic) bond motifs is 1. The zero-order valence-electron chi connectivity index (χ0n) is 28.6. The van der Waals surface area contributed by atoms with E-state index in [-0.39, 0.29) is 29.2 Å². The molecule has 1 fully saturated rings. The Balaban J connectivity index is 1.59. The van der Waals surface area contributed by atoms with Gasteiger partial charge in [-0.25, -0.2) is 4.79 Å². The summed E-state index contributed by atoms with van der Waals surface area (Å²) in [7, 11) is 3.33. The monoisotopic (exact) mass is 626 g/mol. The fourth-order valence-corrected chi connectivity index (χ4v) is 7.71. The minimum Gasteiger partial charge on any atom is -0.496 e. The second kappa shape index (κ2) is 13.1. The summed E-state index contributed by atoms with van der Waals surface area (Å²) in [5.41, 5.74) is 4.88. The lowest BCUT2D eigenvalue weighted by molar-refractivity contribution is -0.154. The maximum Gasteiger partial charge on any atom is 0.326 e. The van der Waals surface area contributed by atoms with Crippen LogP contribution in [0, 0.1) is 17.3 Å². The van der Waals surface area contributed by atoms with Gasteiger partial charge in [0.05, 0.1) is 20.3 Å². The molecule has 0 bridgehead atoms. The van der Waals surface area contributed by atoms with Crippen LogP contribution < -0.4 is 14.8 Å². The molecule has 1 unspecified atom stereocenters. The van der Waals surface area contributed by atoms with Crippen LogP contribution in [0.4, 0.5) is 0 Å². The number of nitrogens with zero attached hydrogens (tertiary/aromatic N) is 1. The summed E-state index contributed by atoms with van der Waals surface area (Å²) >= 11 is 0. The SMILES string of the molecule is COc1ccc(C(C)(C)C)cc1CN[C@H]1[C@H](C(C)(C)C)[C@@H](C(=O)O)N(C(=O)C2CCc3cccc(OC)c3C2)[C@H]1c1ccccc1. The summed E-state index contributed by atoms with van der Waals surface area (Å²) in [4.78, 5) is 29.9. The molecule has 1 aliphatic carbocycles. The molecule has 0 spiro atoms. The summed E-state index contributed by atoms with van der Waals surface area (Å²) in [6, 6.07) is 20.4. The highest BCUT2D eigenvalue weighted by atomic mass is 16.5. The van der Waals surface area contributed by atoms with Crippen LogP contribution in [-0.4, -0.2) is 48.2 Å². The second-order valence-corrected chi connectivity index (χ2v) is 15.0. The van der Waals surface area contributed by atoms with E-state index in [0.29, 0.717) is 19.4 Å². The van der Waals surface area contributed by atoms with Crippen molar-refractivity contribution in [3.63, 3.8) is 0 Å². The first-order valence-corrected chi connectivity index (χ1v) is 16.4. The van der Waals surface area contributed by atoms with Crippen LogP contribution in [0.2, 0.25) is 0 Å². The van der Waals surface area contributed by atoms with Crippen LogP contribution in [0.1, 0.15) is 81.8 Å². The molecule has 1 heterocycles. The number of nitrogens with one attached hydrogen (secondary N) is 1. The number of likely N-dealkylation sites (tertiary alicyclic amines) is 1. The number of aliphatic carboxylic acids is 1. The molecule has 5 atom stereocenters. The van der Waals surface area contributed by atoms with Gasteiger partial charge in [-0.15, -0.1) is 0 Å². The number of benzene rings is 3. The number of methoxy groups -OCH3 is 2. The van der Waals surface area contributed by atoms with E-state index >= 15 is 0 Å². The Labute approximate surface area is 274 Å². The zero-order chi connectivity index (χ0) is 33.4. The van der Waals surface area contributed by atoms with Gasteiger partial charge in [-0.05, 0) is 64.5 Å². The molecule has 1 aliphatic heterocycles. The van der Waals surface area contributed by atoms with Crippen molar-refractivity contribution in [2.75, 3.05) is 14.2 Å². The number of ether oxygens (including phenoxy) is 2. The molecule has 0 aromatic heterocycles. The van der Waals surface area contributed by atoms with E-state index in [0.717, 1.165) is 34.6 Å². The molecule has 0 radical (unpaired) electrons. The van der Waals surface area contributed by atoms with E-state index in [1.807, 2.05) is 48.5 Å². The molecule has 2 N–H and O–H groups in total. The van der Waals surface area contributed by atoms with E-state index in [9.17, 15) is 14.7 Å². The number of rotatable bonds is 8. The molecular formula is C39H50N2O5. The zero-order valence-corrected chi connectivity index (χ0v) is 28.6. The molecule has 7 nitrogen and oxygen atoms in total. The third kappa shape index (κ3) is 6.52. The van der Waals surface area contributed by atoms with Crippen molar-refractivity contribution in [2.24, 2.45) is 17.3 Å². The number of carboxylic acid groups (broad SMARTS) is 1. The first-order valence-electron chi connectivity index (χ1n) is 16.4. The van der Waals surface area contributed by atoms with Gasteiger partial charge in [-0.2, -0.15) is 0 Å². The Morgan fingerprint density at radius 2 is 1.61 bits per heavy atom. The smallest absolute Gasteiger partial charge is 0.326 e. The highest BCUT2D eigenvalue weighted by molar-refractivity contribution is 5.87. The van der Waals surface area contributed by atoms with Crippen LogP contribution in [0.5, 0.6) is 11.5 Å². The predicted molar refractivity (Wildman–Crippen MR) is 181 cm³/mol. The Kier molecular flexibility index (Phi) is 9.55. The van der Waals surface area contributed by atoms with Crippen molar-refractivity contribution in [1.82, 2.24) is 10.2 Å². The highest BCUT2D eigenvalue weighted by Gasteiger charge is 2.58. The topological polar surface area (TPSA) is 88.1 Å². The van der Waals surface area contributed by atoms with Crippen molar-refractivity contribution >= 4 is 11.9 Å². The number of amides is 1. The molecule has 46 heavy (non-hydrogen) atoms. The minimum absolute atomic E-state index is 0.0478. The lowest BCUT2D eigenvalue weighted by Gasteiger charge is -2.36. The van der Waals surface area contributed by atoms with E-state index in [2.05, 4.69) is 65.1 Å². The van der Waals surface area contributed by atoms with Gasteiger partial charge in [0, 0.05) is 30.0 Å². The molecule has 246 valence electrons.